The summed E-state index contributed by atoms with van der Waals surface area (Å²) in [7, 11) is 0. The second-order valence-electron chi connectivity index (χ2n) is 7.53. The van der Waals surface area contributed by atoms with Gasteiger partial charge in [0.05, 0.1) is 0 Å². The van der Waals surface area contributed by atoms with E-state index in [-0.39, 0.29) is 24.1 Å². The van der Waals surface area contributed by atoms with Crippen molar-refractivity contribution < 1.29 is 9.53 Å². The number of amides is 1. The zero-order valence-electron chi connectivity index (χ0n) is 15.5. The van der Waals surface area contributed by atoms with Gasteiger partial charge in [0.1, 0.15) is 6.10 Å². The van der Waals surface area contributed by atoms with E-state index in [1.165, 1.54) is 4.88 Å². The lowest BCUT2D eigenvalue weighted by Crippen LogP contribution is -2.49. The van der Waals surface area contributed by atoms with Crippen LogP contribution in [0.1, 0.15) is 36.0 Å². The minimum Gasteiger partial charge on any atom is -0.474 e. The third kappa shape index (κ3) is 3.31. The van der Waals surface area contributed by atoms with E-state index in [4.69, 9.17) is 4.74 Å². The van der Waals surface area contributed by atoms with E-state index >= 15 is 0 Å². The average Bonchev–Trinajstić information content (AvgIpc) is 3.35. The second kappa shape index (κ2) is 7.40. The molecule has 2 saturated heterocycles. The van der Waals surface area contributed by atoms with Gasteiger partial charge in [-0.05, 0) is 48.1 Å². The molecule has 2 aliphatic heterocycles. The van der Waals surface area contributed by atoms with E-state index < -0.39 is 0 Å². The van der Waals surface area contributed by atoms with Gasteiger partial charge in [-0.3, -0.25) is 4.79 Å². The summed E-state index contributed by atoms with van der Waals surface area (Å²) >= 11 is 1.72. The number of piperidine rings is 1. The number of fused-ring (bicyclic) bond motifs is 2. The van der Waals surface area contributed by atoms with E-state index in [9.17, 15) is 4.79 Å². The summed E-state index contributed by atoms with van der Waals surface area (Å²) < 4.78 is 6.08. The van der Waals surface area contributed by atoms with Crippen LogP contribution in [0.3, 0.4) is 0 Å². The fraction of sp³-hybridized carbons (Fsp3) is 0.304. The number of ether oxygens (including phenoxy) is 1. The van der Waals surface area contributed by atoms with Gasteiger partial charge >= 0.3 is 0 Å². The molecule has 28 heavy (non-hydrogen) atoms. The van der Waals surface area contributed by atoms with Crippen molar-refractivity contribution in [1.29, 1.82) is 0 Å². The first-order valence-corrected chi connectivity index (χ1v) is 10.7. The molecule has 5 heteroatoms. The molecular formula is C23H22N2O2S. The van der Waals surface area contributed by atoms with Crippen LogP contribution < -0.4 is 4.74 Å². The third-order valence-corrected chi connectivity index (χ3v) is 6.71. The molecule has 142 valence electrons. The summed E-state index contributed by atoms with van der Waals surface area (Å²) in [6.45, 7) is 0. The van der Waals surface area contributed by atoms with E-state index in [0.29, 0.717) is 5.88 Å². The predicted molar refractivity (Wildman–Crippen MR) is 111 cm³/mol. The molecule has 2 atom stereocenters. The molecule has 4 heterocycles. The molecule has 0 aliphatic carbocycles. The number of pyridine rings is 1. The van der Waals surface area contributed by atoms with Crippen LogP contribution in [0.15, 0.2) is 66.2 Å². The fourth-order valence-electron chi connectivity index (χ4n) is 4.51. The Balaban J connectivity index is 1.29. The summed E-state index contributed by atoms with van der Waals surface area (Å²) in [4.78, 5) is 20.8. The highest BCUT2D eigenvalue weighted by Crippen LogP contribution is 2.38. The Bertz CT molecular complexity index is 927. The number of thiophene rings is 1. The molecular weight excluding hydrogens is 368 g/mol. The Morgan fingerprint density at radius 1 is 1.00 bits per heavy atom. The van der Waals surface area contributed by atoms with Crippen molar-refractivity contribution in [3.05, 3.63) is 71.7 Å². The average molecular weight is 391 g/mol. The molecule has 2 aromatic heterocycles. The van der Waals surface area contributed by atoms with Gasteiger partial charge < -0.3 is 9.64 Å². The summed E-state index contributed by atoms with van der Waals surface area (Å²) in [6, 6.07) is 18.4. The van der Waals surface area contributed by atoms with Crippen LogP contribution >= 0.6 is 11.3 Å². The largest absolute Gasteiger partial charge is 0.474 e. The number of hydrogen-bond donors (Lipinski definition) is 0. The molecule has 0 N–H and O–H groups in total. The predicted octanol–water partition coefficient (Wildman–Crippen LogP) is 5.02. The molecule has 0 radical (unpaired) electrons. The maximum absolute atomic E-state index is 13.2. The maximum Gasteiger partial charge on any atom is 0.254 e. The van der Waals surface area contributed by atoms with Crippen LogP contribution in [0, 0.1) is 0 Å². The number of carbonyl (C=O) groups excluding carboxylic acids is 1. The van der Waals surface area contributed by atoms with Crippen molar-refractivity contribution in [1.82, 2.24) is 9.88 Å². The number of carbonyl (C=O) groups is 1. The van der Waals surface area contributed by atoms with E-state index in [2.05, 4.69) is 33.5 Å². The van der Waals surface area contributed by atoms with Crippen LogP contribution in [0.2, 0.25) is 0 Å². The highest BCUT2D eigenvalue weighted by molar-refractivity contribution is 7.13. The Labute approximate surface area is 168 Å². The van der Waals surface area contributed by atoms with Crippen LogP contribution in [0.4, 0.5) is 0 Å². The summed E-state index contributed by atoms with van der Waals surface area (Å²) in [6.07, 6.45) is 5.77. The SMILES string of the molecule is O=C(c1ccc(-c2cccs2)cc1)N1C2CCC1CC(Oc1ccccn1)C2. The van der Waals surface area contributed by atoms with Crippen LogP contribution in [-0.2, 0) is 0 Å². The van der Waals surface area contributed by atoms with Gasteiger partial charge in [-0.15, -0.1) is 11.3 Å². The normalized spacial score (nSPS) is 23.6. The van der Waals surface area contributed by atoms with E-state index in [0.717, 1.165) is 36.8 Å². The molecule has 2 unspecified atom stereocenters. The van der Waals surface area contributed by atoms with Crippen molar-refractivity contribution in [2.45, 2.75) is 43.9 Å². The molecule has 2 aliphatic rings. The van der Waals surface area contributed by atoms with Crippen molar-refractivity contribution in [2.75, 3.05) is 0 Å². The van der Waals surface area contributed by atoms with Crippen molar-refractivity contribution in [3.63, 3.8) is 0 Å². The summed E-state index contributed by atoms with van der Waals surface area (Å²) in [5.41, 5.74) is 1.94. The van der Waals surface area contributed by atoms with Gasteiger partial charge in [-0.1, -0.05) is 24.3 Å². The third-order valence-electron chi connectivity index (χ3n) is 5.79. The quantitative estimate of drug-likeness (QED) is 0.628. The lowest BCUT2D eigenvalue weighted by molar-refractivity contribution is 0.0348. The Hall–Kier alpha value is -2.66. The topological polar surface area (TPSA) is 42.4 Å². The highest BCUT2D eigenvalue weighted by Gasteiger charge is 2.44. The smallest absolute Gasteiger partial charge is 0.254 e. The number of aromatic nitrogens is 1. The minimum atomic E-state index is 0.137. The zero-order valence-corrected chi connectivity index (χ0v) is 16.3. The summed E-state index contributed by atoms with van der Waals surface area (Å²) in [5.74, 6) is 0.831. The Kier molecular flexibility index (Phi) is 4.61. The molecule has 0 spiro atoms. The van der Waals surface area contributed by atoms with Crippen molar-refractivity contribution in [2.24, 2.45) is 0 Å². The number of rotatable bonds is 4. The molecule has 0 saturated carbocycles. The standard InChI is InChI=1S/C23H22N2O2S/c26-23(17-8-6-16(7-9-17)21-4-3-13-28-21)25-18-10-11-19(25)15-20(14-18)27-22-5-1-2-12-24-22/h1-9,12-13,18-20H,10-11,14-15H2. The molecule has 4 nitrogen and oxygen atoms in total. The number of benzene rings is 1. The first-order valence-electron chi connectivity index (χ1n) is 9.82. The Morgan fingerprint density at radius 3 is 2.43 bits per heavy atom. The first kappa shape index (κ1) is 17.4. The van der Waals surface area contributed by atoms with E-state index in [1.807, 2.05) is 36.4 Å². The summed E-state index contributed by atoms with van der Waals surface area (Å²) in [5, 5.41) is 2.07. The van der Waals surface area contributed by atoms with Gasteiger partial charge in [0.25, 0.3) is 5.91 Å². The molecule has 2 bridgehead atoms. The van der Waals surface area contributed by atoms with Crippen molar-refractivity contribution in [3.8, 4) is 16.3 Å². The van der Waals surface area contributed by atoms with Crippen LogP contribution in [0.5, 0.6) is 5.88 Å². The van der Waals surface area contributed by atoms with Crippen LogP contribution in [0.25, 0.3) is 10.4 Å². The highest BCUT2D eigenvalue weighted by atomic mass is 32.1. The number of hydrogen-bond acceptors (Lipinski definition) is 4. The molecule has 2 fully saturated rings. The van der Waals surface area contributed by atoms with Gasteiger partial charge in [-0.25, -0.2) is 4.98 Å². The molecule has 1 aromatic carbocycles. The minimum absolute atomic E-state index is 0.137. The Morgan fingerprint density at radius 2 is 1.79 bits per heavy atom. The van der Waals surface area contributed by atoms with Crippen molar-refractivity contribution >= 4 is 17.2 Å². The lowest BCUT2D eigenvalue weighted by atomic mass is 9.98. The van der Waals surface area contributed by atoms with Gasteiger partial charge in [-0.2, -0.15) is 0 Å². The van der Waals surface area contributed by atoms with Gasteiger partial charge in [0, 0.05) is 47.6 Å². The lowest BCUT2D eigenvalue weighted by Gasteiger charge is -2.38. The second-order valence-corrected chi connectivity index (χ2v) is 8.48. The zero-order chi connectivity index (χ0) is 18.9. The molecule has 5 rings (SSSR count). The number of nitrogens with zero attached hydrogens (tertiary/aromatic N) is 2. The van der Waals surface area contributed by atoms with Gasteiger partial charge in [0.15, 0.2) is 0 Å². The monoisotopic (exact) mass is 390 g/mol. The van der Waals surface area contributed by atoms with Crippen LogP contribution in [-0.4, -0.2) is 34.0 Å². The first-order chi connectivity index (χ1) is 13.8. The molecule has 1 amide bonds. The maximum atomic E-state index is 13.2. The molecule has 3 aromatic rings. The fourth-order valence-corrected chi connectivity index (χ4v) is 5.24. The van der Waals surface area contributed by atoms with E-state index in [1.54, 1.807) is 17.5 Å². The van der Waals surface area contributed by atoms with Gasteiger partial charge in [0.2, 0.25) is 5.88 Å².